The van der Waals surface area contributed by atoms with E-state index in [-0.39, 0.29) is 0 Å². The van der Waals surface area contributed by atoms with Gasteiger partial charge in [-0.05, 0) is 42.1 Å². The standard InChI is InChI=1S/C11H14ClN/c1-8-7-13-5-4-9-2-3-10(12)6-11(8)9/h2-3,6,8,13H,4-5,7H2,1H3/i8D. The van der Waals surface area contributed by atoms with Crippen LogP contribution < -0.4 is 5.32 Å². The molecule has 1 atom stereocenters. The highest BCUT2D eigenvalue weighted by molar-refractivity contribution is 6.30. The van der Waals surface area contributed by atoms with E-state index in [1.807, 2.05) is 25.1 Å². The van der Waals surface area contributed by atoms with E-state index in [0.29, 0.717) is 6.54 Å². The molecule has 1 aromatic rings. The van der Waals surface area contributed by atoms with Crippen molar-refractivity contribution >= 4 is 11.6 Å². The average molecular weight is 197 g/mol. The summed E-state index contributed by atoms with van der Waals surface area (Å²) in [5.74, 6) is -0.559. The van der Waals surface area contributed by atoms with Gasteiger partial charge in [-0.2, -0.15) is 0 Å². The number of rotatable bonds is 0. The zero-order valence-electron chi connectivity index (χ0n) is 8.73. The molecule has 1 aromatic carbocycles. The molecule has 1 nitrogen and oxygen atoms in total. The maximum atomic E-state index is 8.22. The quantitative estimate of drug-likeness (QED) is 0.673. The molecule has 1 N–H and O–H groups in total. The van der Waals surface area contributed by atoms with Crippen molar-refractivity contribution in [1.29, 1.82) is 0 Å². The lowest BCUT2D eigenvalue weighted by Gasteiger charge is -2.11. The smallest absolute Gasteiger partial charge is 0.0409 e. The van der Waals surface area contributed by atoms with Crippen molar-refractivity contribution < 1.29 is 1.37 Å². The average Bonchev–Trinajstić information content (AvgIpc) is 2.26. The molecule has 70 valence electrons. The normalized spacial score (nSPS) is 28.9. The van der Waals surface area contributed by atoms with Gasteiger partial charge < -0.3 is 5.32 Å². The lowest BCUT2D eigenvalue weighted by Crippen LogP contribution is -2.18. The van der Waals surface area contributed by atoms with Gasteiger partial charge in [-0.3, -0.25) is 0 Å². The second kappa shape index (κ2) is 3.69. The van der Waals surface area contributed by atoms with Gasteiger partial charge in [0.2, 0.25) is 0 Å². The van der Waals surface area contributed by atoms with Crippen molar-refractivity contribution in [1.82, 2.24) is 5.32 Å². The fourth-order valence-corrected chi connectivity index (χ4v) is 1.93. The van der Waals surface area contributed by atoms with Crippen LogP contribution in [0.1, 0.15) is 25.3 Å². The molecule has 0 amide bonds. The summed E-state index contributed by atoms with van der Waals surface area (Å²) in [4.78, 5) is 0. The van der Waals surface area contributed by atoms with Gasteiger partial charge in [0, 0.05) is 12.9 Å². The number of nitrogens with one attached hydrogen (secondary N) is 1. The molecular weight excluding hydrogens is 182 g/mol. The van der Waals surface area contributed by atoms with Crippen molar-refractivity contribution in [3.05, 3.63) is 34.3 Å². The first-order valence-corrected chi connectivity index (χ1v) is 4.97. The molecule has 0 aliphatic carbocycles. The minimum atomic E-state index is -0.559. The first-order chi connectivity index (χ1) is 6.59. The molecule has 13 heavy (non-hydrogen) atoms. The second-order valence-electron chi connectivity index (χ2n) is 3.51. The van der Waals surface area contributed by atoms with Crippen LogP contribution in [0.3, 0.4) is 0 Å². The Morgan fingerprint density at radius 3 is 3.31 bits per heavy atom. The maximum Gasteiger partial charge on any atom is 0.0409 e. The molecule has 0 bridgehead atoms. The van der Waals surface area contributed by atoms with E-state index in [1.165, 1.54) is 5.56 Å². The highest BCUT2D eigenvalue weighted by Crippen LogP contribution is 2.25. The van der Waals surface area contributed by atoms with Crippen LogP contribution in [0, 0.1) is 0 Å². The molecule has 0 saturated carbocycles. The van der Waals surface area contributed by atoms with Gasteiger partial charge in [0.05, 0.1) is 0 Å². The monoisotopic (exact) mass is 196 g/mol. The zero-order chi connectivity index (χ0) is 10.2. The first kappa shape index (κ1) is 7.84. The molecule has 0 radical (unpaired) electrons. The van der Waals surface area contributed by atoms with Crippen LogP contribution in [0.15, 0.2) is 18.2 Å². The second-order valence-corrected chi connectivity index (χ2v) is 3.95. The summed E-state index contributed by atoms with van der Waals surface area (Å²) in [5, 5.41) is 4.00. The number of benzene rings is 1. The highest BCUT2D eigenvalue weighted by atomic mass is 35.5. The molecule has 0 fully saturated rings. The van der Waals surface area contributed by atoms with Gasteiger partial charge in [0.1, 0.15) is 0 Å². The fourth-order valence-electron chi connectivity index (χ4n) is 1.76. The number of halogens is 1. The predicted molar refractivity (Wildman–Crippen MR) is 56.4 cm³/mol. The van der Waals surface area contributed by atoms with Crippen LogP contribution >= 0.6 is 11.6 Å². The minimum absolute atomic E-state index is 0.559. The lowest BCUT2D eigenvalue weighted by molar-refractivity contribution is 0.644. The van der Waals surface area contributed by atoms with Crippen LogP contribution in [0.4, 0.5) is 0 Å². The van der Waals surface area contributed by atoms with Crippen LogP contribution in [-0.2, 0) is 6.42 Å². The Labute approximate surface area is 85.5 Å². The van der Waals surface area contributed by atoms with Gasteiger partial charge >= 0.3 is 0 Å². The van der Waals surface area contributed by atoms with E-state index in [1.54, 1.807) is 0 Å². The Morgan fingerprint density at radius 1 is 1.62 bits per heavy atom. The van der Waals surface area contributed by atoms with E-state index in [4.69, 9.17) is 13.0 Å². The van der Waals surface area contributed by atoms with Crippen LogP contribution in [0.5, 0.6) is 0 Å². The first-order valence-electron chi connectivity index (χ1n) is 5.09. The summed E-state index contributed by atoms with van der Waals surface area (Å²) in [5.41, 5.74) is 2.31. The summed E-state index contributed by atoms with van der Waals surface area (Å²) in [6, 6.07) is 5.87. The third-order valence-electron chi connectivity index (χ3n) is 2.49. The Balaban J connectivity index is 2.52. The number of hydrogen-bond acceptors (Lipinski definition) is 1. The van der Waals surface area contributed by atoms with E-state index in [0.717, 1.165) is 23.6 Å². The van der Waals surface area contributed by atoms with Gasteiger partial charge in [0.25, 0.3) is 0 Å². The van der Waals surface area contributed by atoms with Gasteiger partial charge in [-0.1, -0.05) is 24.6 Å². The lowest BCUT2D eigenvalue weighted by atomic mass is 9.96. The molecule has 0 aromatic heterocycles. The Hall–Kier alpha value is -0.530. The minimum Gasteiger partial charge on any atom is -0.316 e. The molecular formula is C11H14ClN. The topological polar surface area (TPSA) is 12.0 Å². The van der Waals surface area contributed by atoms with Crippen molar-refractivity contribution in [2.75, 3.05) is 13.1 Å². The van der Waals surface area contributed by atoms with E-state index >= 15 is 0 Å². The Bertz CT molecular complexity index is 349. The fraction of sp³-hybridized carbons (Fsp3) is 0.455. The van der Waals surface area contributed by atoms with E-state index in [9.17, 15) is 0 Å². The summed E-state index contributed by atoms with van der Waals surface area (Å²) >= 11 is 5.95. The van der Waals surface area contributed by atoms with Crippen LogP contribution in [0.2, 0.25) is 5.02 Å². The van der Waals surface area contributed by atoms with Crippen molar-refractivity contribution in [3.8, 4) is 0 Å². The third-order valence-corrected chi connectivity index (χ3v) is 2.73. The summed E-state index contributed by atoms with van der Waals surface area (Å²) in [7, 11) is 0. The molecule has 2 heteroatoms. The van der Waals surface area contributed by atoms with Crippen molar-refractivity contribution in [2.24, 2.45) is 0 Å². The van der Waals surface area contributed by atoms with Gasteiger partial charge in [-0.25, -0.2) is 0 Å². The molecule has 1 unspecified atom stereocenters. The largest absolute Gasteiger partial charge is 0.316 e. The molecule has 1 aliphatic rings. The predicted octanol–water partition coefficient (Wildman–Crippen LogP) is 2.59. The molecule has 0 saturated heterocycles. The zero-order valence-corrected chi connectivity index (χ0v) is 8.49. The van der Waals surface area contributed by atoms with E-state index in [2.05, 4.69) is 5.32 Å². The third kappa shape index (κ3) is 1.87. The summed E-state index contributed by atoms with van der Waals surface area (Å²) < 4.78 is 8.22. The highest BCUT2D eigenvalue weighted by Gasteiger charge is 2.13. The molecule has 1 aliphatic heterocycles. The van der Waals surface area contributed by atoms with Crippen LogP contribution in [0.25, 0.3) is 0 Å². The molecule has 1 heterocycles. The van der Waals surface area contributed by atoms with Gasteiger partial charge in [0.15, 0.2) is 0 Å². The van der Waals surface area contributed by atoms with E-state index < -0.39 is 5.89 Å². The van der Waals surface area contributed by atoms with Crippen molar-refractivity contribution in [3.63, 3.8) is 0 Å². The van der Waals surface area contributed by atoms with Crippen LogP contribution in [-0.4, -0.2) is 13.1 Å². The molecule has 0 spiro atoms. The summed E-state index contributed by atoms with van der Waals surface area (Å²) in [6.45, 7) is 3.57. The maximum absolute atomic E-state index is 8.22. The van der Waals surface area contributed by atoms with Crippen molar-refractivity contribution in [2.45, 2.75) is 19.2 Å². The number of fused-ring (bicyclic) bond motifs is 1. The Morgan fingerprint density at radius 2 is 2.46 bits per heavy atom. The molecule has 2 rings (SSSR count). The Kier molecular flexibility index (Phi) is 2.22. The van der Waals surface area contributed by atoms with Gasteiger partial charge in [-0.15, -0.1) is 0 Å². The summed E-state index contributed by atoms with van der Waals surface area (Å²) in [6.07, 6.45) is 0.987. The SMILES string of the molecule is [2H]C1(C)CNCCc2ccc(Cl)cc21. The number of hydrogen-bond donors (Lipinski definition) is 1.